The summed E-state index contributed by atoms with van der Waals surface area (Å²) in [6.45, 7) is 0.376. The van der Waals surface area contributed by atoms with Gasteiger partial charge in [-0.2, -0.15) is 0 Å². The third-order valence-electron chi connectivity index (χ3n) is 3.87. The molecule has 0 aromatic carbocycles. The number of hydrogen-bond donors (Lipinski definition) is 5. The van der Waals surface area contributed by atoms with E-state index in [1.54, 1.807) is 0 Å². The minimum Gasteiger partial charge on any atom is -0.478 e. The molecule has 1 aliphatic rings. The minimum absolute atomic E-state index is 0.0760. The topological polar surface area (TPSA) is 146 Å². The van der Waals surface area contributed by atoms with Crippen LogP contribution < -0.4 is 5.32 Å². The third kappa shape index (κ3) is 5.79. The van der Waals surface area contributed by atoms with Gasteiger partial charge >= 0.3 is 5.97 Å². The number of rotatable bonds is 7. The number of carboxylic acids is 1. The number of hydrogen-bond acceptors (Lipinski definition) is 8. The van der Waals surface area contributed by atoms with Gasteiger partial charge in [-0.05, 0) is 17.5 Å². The lowest BCUT2D eigenvalue weighted by atomic mass is 9.93. The van der Waals surface area contributed by atoms with Gasteiger partial charge in [-0.25, -0.2) is 4.79 Å². The van der Waals surface area contributed by atoms with Crippen molar-refractivity contribution in [2.75, 3.05) is 13.2 Å². The van der Waals surface area contributed by atoms with Gasteiger partial charge in [0.25, 0.3) is 0 Å². The fourth-order valence-corrected chi connectivity index (χ4v) is 3.18. The third-order valence-corrected chi connectivity index (χ3v) is 4.65. The zero-order valence-corrected chi connectivity index (χ0v) is 15.8. The molecule has 28 heavy (non-hydrogen) atoms. The largest absolute Gasteiger partial charge is 0.478 e. The monoisotopic (exact) mass is 411 g/mol. The Morgan fingerprint density at radius 3 is 2.75 bits per heavy atom. The summed E-state index contributed by atoms with van der Waals surface area (Å²) in [5.74, 6) is 3.28. The van der Waals surface area contributed by atoms with Crippen LogP contribution in [-0.2, 0) is 19.1 Å². The standard InChI is InChI=1S/C18H21NO8S/c1-10(21)19-15-13(26-6-2-4-11-5-3-7-28-11)8-14(18(24)25)27-17(15)16(23)12(22)9-20/h3,5,7-8,12-13,15-17,20,22-23H,6,9H2,1H3,(H,19,21)(H,24,25)/t12-,13-,15-,16-,17-/m1/s1. The molecule has 0 saturated heterocycles. The summed E-state index contributed by atoms with van der Waals surface area (Å²) in [5, 5.41) is 42.7. The summed E-state index contributed by atoms with van der Waals surface area (Å²) in [6.07, 6.45) is -4.48. The Balaban J connectivity index is 2.24. The smallest absolute Gasteiger partial charge is 0.370 e. The quantitative estimate of drug-likeness (QED) is 0.362. The van der Waals surface area contributed by atoms with Crippen molar-refractivity contribution in [2.45, 2.75) is 37.4 Å². The average molecular weight is 411 g/mol. The molecule has 10 heteroatoms. The minimum atomic E-state index is -1.67. The molecule has 1 amide bonds. The Kier molecular flexibility index (Phi) is 7.98. The van der Waals surface area contributed by atoms with Crippen molar-refractivity contribution in [1.29, 1.82) is 0 Å². The van der Waals surface area contributed by atoms with Gasteiger partial charge in [0.15, 0.2) is 6.10 Å². The maximum absolute atomic E-state index is 11.6. The first kappa shape index (κ1) is 21.9. The second kappa shape index (κ2) is 10.2. The maximum atomic E-state index is 11.6. The molecular formula is C18H21NO8S. The normalized spacial score (nSPS) is 23.4. The number of amides is 1. The van der Waals surface area contributed by atoms with Gasteiger partial charge in [0.2, 0.25) is 11.7 Å². The van der Waals surface area contributed by atoms with Crippen molar-refractivity contribution in [3.63, 3.8) is 0 Å². The molecule has 0 saturated carbocycles. The Bertz CT molecular complexity index is 766. The lowest BCUT2D eigenvalue weighted by Gasteiger charge is -2.39. The van der Waals surface area contributed by atoms with Crippen LogP contribution in [0.2, 0.25) is 0 Å². The van der Waals surface area contributed by atoms with E-state index in [0.29, 0.717) is 0 Å². The number of carboxylic acid groups (broad SMARTS) is 1. The van der Waals surface area contributed by atoms with E-state index in [9.17, 15) is 24.9 Å². The second-order valence-electron chi connectivity index (χ2n) is 5.94. The number of thiophene rings is 1. The highest BCUT2D eigenvalue weighted by Crippen LogP contribution is 2.24. The molecule has 1 aromatic heterocycles. The predicted molar refractivity (Wildman–Crippen MR) is 98.2 cm³/mol. The first-order chi connectivity index (χ1) is 13.3. The zero-order chi connectivity index (χ0) is 20.7. The van der Waals surface area contributed by atoms with E-state index in [4.69, 9.17) is 14.6 Å². The van der Waals surface area contributed by atoms with E-state index < -0.39 is 54.7 Å². The van der Waals surface area contributed by atoms with Gasteiger partial charge in [0.05, 0.1) is 17.5 Å². The first-order valence-electron chi connectivity index (χ1n) is 8.33. The summed E-state index contributed by atoms with van der Waals surface area (Å²) >= 11 is 1.45. The maximum Gasteiger partial charge on any atom is 0.370 e. The van der Waals surface area contributed by atoms with Crippen LogP contribution in [0, 0.1) is 11.8 Å². The molecule has 2 heterocycles. The van der Waals surface area contributed by atoms with Crippen molar-refractivity contribution in [1.82, 2.24) is 5.32 Å². The molecule has 0 aliphatic carbocycles. The Labute approximate surface area is 165 Å². The van der Waals surface area contributed by atoms with Crippen LogP contribution in [0.25, 0.3) is 0 Å². The zero-order valence-electron chi connectivity index (χ0n) is 14.9. The van der Waals surface area contributed by atoms with Gasteiger partial charge < -0.3 is 35.2 Å². The van der Waals surface area contributed by atoms with Gasteiger partial charge in [0.1, 0.15) is 24.9 Å². The number of aliphatic hydroxyl groups is 3. The molecule has 1 aromatic rings. The Morgan fingerprint density at radius 2 is 2.18 bits per heavy atom. The molecule has 0 bridgehead atoms. The van der Waals surface area contributed by atoms with Crippen molar-refractivity contribution in [2.24, 2.45) is 0 Å². The van der Waals surface area contributed by atoms with Crippen molar-refractivity contribution >= 4 is 23.2 Å². The number of carbonyl (C=O) groups is 2. The molecule has 152 valence electrons. The van der Waals surface area contributed by atoms with Crippen LogP contribution >= 0.6 is 11.3 Å². The highest BCUT2D eigenvalue weighted by atomic mass is 32.1. The van der Waals surface area contributed by atoms with Crippen LogP contribution in [0.15, 0.2) is 29.3 Å². The number of carbonyl (C=O) groups excluding carboxylic acids is 1. The molecule has 0 spiro atoms. The van der Waals surface area contributed by atoms with Crippen LogP contribution in [0.4, 0.5) is 0 Å². The molecule has 0 radical (unpaired) electrons. The van der Waals surface area contributed by atoms with Crippen LogP contribution in [0.5, 0.6) is 0 Å². The summed E-state index contributed by atoms with van der Waals surface area (Å²) in [4.78, 5) is 23.8. The van der Waals surface area contributed by atoms with Crippen molar-refractivity contribution in [3.8, 4) is 11.8 Å². The van der Waals surface area contributed by atoms with Crippen molar-refractivity contribution < 1.29 is 39.5 Å². The fraction of sp³-hybridized carbons (Fsp3) is 0.444. The summed E-state index contributed by atoms with van der Waals surface area (Å²) < 4.78 is 10.9. The highest BCUT2D eigenvalue weighted by Gasteiger charge is 2.44. The summed E-state index contributed by atoms with van der Waals surface area (Å²) in [7, 11) is 0. The average Bonchev–Trinajstić information content (AvgIpc) is 3.17. The number of aliphatic hydroxyl groups excluding tert-OH is 3. The van der Waals surface area contributed by atoms with Gasteiger partial charge in [-0.1, -0.05) is 17.9 Å². The van der Waals surface area contributed by atoms with E-state index in [0.717, 1.165) is 11.0 Å². The Hall–Kier alpha value is -2.42. The van der Waals surface area contributed by atoms with E-state index in [1.165, 1.54) is 18.3 Å². The number of nitrogens with one attached hydrogen (secondary N) is 1. The number of aliphatic carboxylic acids is 1. The van der Waals surface area contributed by atoms with Crippen LogP contribution in [0.3, 0.4) is 0 Å². The van der Waals surface area contributed by atoms with Gasteiger partial charge in [0, 0.05) is 6.92 Å². The predicted octanol–water partition coefficient (Wildman–Crippen LogP) is -0.929. The summed E-state index contributed by atoms with van der Waals surface area (Å²) in [6, 6.07) is 2.67. The molecule has 1 aliphatic heterocycles. The van der Waals surface area contributed by atoms with E-state index in [1.807, 2.05) is 17.5 Å². The van der Waals surface area contributed by atoms with E-state index in [2.05, 4.69) is 17.2 Å². The molecule has 5 N–H and O–H groups in total. The molecule has 9 nitrogen and oxygen atoms in total. The fourth-order valence-electron chi connectivity index (χ4n) is 2.59. The Morgan fingerprint density at radius 1 is 1.43 bits per heavy atom. The van der Waals surface area contributed by atoms with E-state index in [-0.39, 0.29) is 6.61 Å². The number of ether oxygens (including phenoxy) is 2. The molecular weight excluding hydrogens is 390 g/mol. The first-order valence-corrected chi connectivity index (χ1v) is 9.21. The molecule has 0 fully saturated rings. The SMILES string of the molecule is CC(=O)N[C@H]1[C@H]([C@H](O)[C@H](O)CO)OC(C(=O)O)=C[C@H]1OCC#Cc1cccs1. The van der Waals surface area contributed by atoms with E-state index >= 15 is 0 Å². The van der Waals surface area contributed by atoms with Crippen LogP contribution in [0.1, 0.15) is 11.8 Å². The van der Waals surface area contributed by atoms with Crippen LogP contribution in [-0.4, -0.2) is 76.0 Å². The summed E-state index contributed by atoms with van der Waals surface area (Å²) in [5.41, 5.74) is 0. The lowest BCUT2D eigenvalue weighted by Crippen LogP contribution is -2.60. The molecule has 2 rings (SSSR count). The van der Waals surface area contributed by atoms with Gasteiger partial charge in [-0.3, -0.25) is 4.79 Å². The van der Waals surface area contributed by atoms with Crippen molar-refractivity contribution in [3.05, 3.63) is 34.2 Å². The lowest BCUT2D eigenvalue weighted by molar-refractivity contribution is -0.151. The molecule has 0 unspecified atom stereocenters. The molecule has 5 atom stereocenters. The second-order valence-corrected chi connectivity index (χ2v) is 6.89. The highest BCUT2D eigenvalue weighted by molar-refractivity contribution is 7.10. The van der Waals surface area contributed by atoms with Gasteiger partial charge in [-0.15, -0.1) is 11.3 Å².